The molecule has 0 aliphatic carbocycles. The predicted octanol–water partition coefficient (Wildman–Crippen LogP) is 2.53. The van der Waals surface area contributed by atoms with Gasteiger partial charge in [0.1, 0.15) is 0 Å². The standard InChI is InChI=1S/C20H25N3O3S/c1-14-3-2-4-16(11-14)18-12-21-22-19(18)15-5-8-23(9-6-15)20(24)17-7-10-27(25,26)13-17/h2-4,11-12,15,17H,5-10,13H2,1H3,(H,21,22). The van der Waals surface area contributed by atoms with E-state index < -0.39 is 9.84 Å². The number of aromatic amines is 1. The normalized spacial score (nSPS) is 22.9. The van der Waals surface area contributed by atoms with Gasteiger partial charge in [-0.1, -0.05) is 29.8 Å². The minimum Gasteiger partial charge on any atom is -0.342 e. The van der Waals surface area contributed by atoms with Crippen molar-refractivity contribution in [1.29, 1.82) is 0 Å². The quantitative estimate of drug-likeness (QED) is 0.877. The van der Waals surface area contributed by atoms with Gasteiger partial charge >= 0.3 is 0 Å². The number of sulfone groups is 1. The molecule has 0 bridgehead atoms. The summed E-state index contributed by atoms with van der Waals surface area (Å²) in [5.74, 6) is 0.163. The molecule has 4 rings (SSSR count). The Labute approximate surface area is 159 Å². The van der Waals surface area contributed by atoms with Crippen molar-refractivity contribution in [3.8, 4) is 11.1 Å². The number of carbonyl (C=O) groups is 1. The van der Waals surface area contributed by atoms with Gasteiger partial charge in [0.2, 0.25) is 5.91 Å². The molecule has 2 saturated heterocycles. The highest BCUT2D eigenvalue weighted by atomic mass is 32.2. The topological polar surface area (TPSA) is 83.1 Å². The van der Waals surface area contributed by atoms with Gasteiger partial charge in [0.15, 0.2) is 9.84 Å². The van der Waals surface area contributed by atoms with Gasteiger partial charge in [-0.3, -0.25) is 9.89 Å². The van der Waals surface area contributed by atoms with E-state index in [0.29, 0.717) is 25.4 Å². The number of likely N-dealkylation sites (tertiary alicyclic amines) is 1. The summed E-state index contributed by atoms with van der Waals surface area (Å²) < 4.78 is 23.3. The van der Waals surface area contributed by atoms with Crippen LogP contribution in [0.25, 0.3) is 11.1 Å². The van der Waals surface area contributed by atoms with Crippen LogP contribution in [0.2, 0.25) is 0 Å². The Morgan fingerprint density at radius 3 is 2.67 bits per heavy atom. The molecule has 1 aromatic heterocycles. The summed E-state index contributed by atoms with van der Waals surface area (Å²) in [6, 6.07) is 8.39. The zero-order chi connectivity index (χ0) is 19.0. The fourth-order valence-corrected chi connectivity index (χ4v) is 6.02. The molecule has 1 N–H and O–H groups in total. The Hall–Kier alpha value is -2.15. The molecule has 2 fully saturated rings. The SMILES string of the molecule is Cc1cccc(-c2cn[nH]c2C2CCN(C(=O)C3CCS(=O)(=O)C3)CC2)c1. The highest BCUT2D eigenvalue weighted by Gasteiger charge is 2.36. The van der Waals surface area contributed by atoms with Crippen LogP contribution in [-0.4, -0.2) is 54.0 Å². The van der Waals surface area contributed by atoms with Crippen LogP contribution < -0.4 is 0 Å². The monoisotopic (exact) mass is 387 g/mol. The number of carbonyl (C=O) groups excluding carboxylic acids is 1. The van der Waals surface area contributed by atoms with Crippen molar-refractivity contribution in [1.82, 2.24) is 15.1 Å². The number of aromatic nitrogens is 2. The fraction of sp³-hybridized carbons (Fsp3) is 0.500. The van der Waals surface area contributed by atoms with Crippen molar-refractivity contribution in [3.05, 3.63) is 41.7 Å². The van der Waals surface area contributed by atoms with E-state index in [1.807, 2.05) is 11.1 Å². The van der Waals surface area contributed by atoms with Gasteiger partial charge in [0.05, 0.1) is 23.6 Å². The zero-order valence-corrected chi connectivity index (χ0v) is 16.3. The second-order valence-corrected chi connectivity index (χ2v) is 10.00. The number of nitrogens with zero attached hydrogens (tertiary/aromatic N) is 2. The lowest BCUT2D eigenvalue weighted by Crippen LogP contribution is -2.41. The van der Waals surface area contributed by atoms with Crippen LogP contribution in [0.1, 0.15) is 36.4 Å². The molecule has 0 radical (unpaired) electrons. The van der Waals surface area contributed by atoms with E-state index in [-0.39, 0.29) is 23.3 Å². The van der Waals surface area contributed by atoms with Crippen molar-refractivity contribution in [2.45, 2.75) is 32.1 Å². The number of piperidine rings is 1. The third kappa shape index (κ3) is 3.78. The first kappa shape index (κ1) is 18.2. The molecule has 2 aliphatic rings. The number of amides is 1. The molecule has 2 aromatic rings. The van der Waals surface area contributed by atoms with Crippen LogP contribution in [0.15, 0.2) is 30.5 Å². The summed E-state index contributed by atoms with van der Waals surface area (Å²) in [4.78, 5) is 14.5. The molecule has 0 saturated carbocycles. The molecule has 1 amide bonds. The average Bonchev–Trinajstić information content (AvgIpc) is 3.28. The fourth-order valence-electron chi connectivity index (χ4n) is 4.29. The van der Waals surface area contributed by atoms with Crippen molar-refractivity contribution < 1.29 is 13.2 Å². The van der Waals surface area contributed by atoms with E-state index >= 15 is 0 Å². The molecule has 2 aliphatic heterocycles. The van der Waals surface area contributed by atoms with Crippen LogP contribution in [0.3, 0.4) is 0 Å². The van der Waals surface area contributed by atoms with Gasteiger partial charge in [0, 0.05) is 30.3 Å². The van der Waals surface area contributed by atoms with E-state index in [4.69, 9.17) is 0 Å². The number of benzene rings is 1. The molecule has 1 atom stereocenters. The highest BCUT2D eigenvalue weighted by molar-refractivity contribution is 7.91. The average molecular weight is 388 g/mol. The number of rotatable bonds is 3. The molecule has 1 aromatic carbocycles. The second kappa shape index (κ2) is 7.11. The smallest absolute Gasteiger partial charge is 0.226 e. The molecule has 3 heterocycles. The van der Waals surface area contributed by atoms with E-state index in [0.717, 1.165) is 29.7 Å². The maximum atomic E-state index is 12.6. The van der Waals surface area contributed by atoms with Crippen LogP contribution in [0, 0.1) is 12.8 Å². The summed E-state index contributed by atoms with van der Waals surface area (Å²) in [6.45, 7) is 3.43. The molecule has 7 heteroatoms. The number of nitrogens with one attached hydrogen (secondary N) is 1. The van der Waals surface area contributed by atoms with Gasteiger partial charge in [-0.15, -0.1) is 0 Å². The highest BCUT2D eigenvalue weighted by Crippen LogP contribution is 2.34. The van der Waals surface area contributed by atoms with Crippen molar-refractivity contribution in [3.63, 3.8) is 0 Å². The number of hydrogen-bond donors (Lipinski definition) is 1. The Morgan fingerprint density at radius 1 is 1.22 bits per heavy atom. The lowest BCUT2D eigenvalue weighted by atomic mass is 9.89. The summed E-state index contributed by atoms with van der Waals surface area (Å²) in [5, 5.41) is 7.43. The minimum absolute atomic E-state index is 0.0121. The molecule has 1 unspecified atom stereocenters. The Bertz CT molecular complexity index is 943. The lowest BCUT2D eigenvalue weighted by Gasteiger charge is -2.33. The Kier molecular flexibility index (Phi) is 4.80. The third-order valence-corrected chi connectivity index (χ3v) is 7.56. The van der Waals surface area contributed by atoms with Crippen molar-refractivity contribution in [2.24, 2.45) is 5.92 Å². The molecule has 0 spiro atoms. The second-order valence-electron chi connectivity index (χ2n) is 7.77. The predicted molar refractivity (Wildman–Crippen MR) is 104 cm³/mol. The zero-order valence-electron chi connectivity index (χ0n) is 15.5. The first-order valence-corrected chi connectivity index (χ1v) is 11.3. The van der Waals surface area contributed by atoms with E-state index in [1.165, 1.54) is 5.56 Å². The molecule has 27 heavy (non-hydrogen) atoms. The van der Waals surface area contributed by atoms with E-state index in [9.17, 15) is 13.2 Å². The maximum absolute atomic E-state index is 12.6. The Morgan fingerprint density at radius 2 is 2.00 bits per heavy atom. The summed E-state index contributed by atoms with van der Waals surface area (Å²) in [7, 11) is -3.03. The van der Waals surface area contributed by atoms with Gasteiger partial charge in [-0.2, -0.15) is 5.10 Å². The number of H-pyrrole nitrogens is 1. The first-order chi connectivity index (χ1) is 12.9. The molecule has 144 valence electrons. The first-order valence-electron chi connectivity index (χ1n) is 9.52. The van der Waals surface area contributed by atoms with Crippen LogP contribution in [0.5, 0.6) is 0 Å². The number of hydrogen-bond acceptors (Lipinski definition) is 4. The van der Waals surface area contributed by atoms with Gasteiger partial charge in [-0.05, 0) is 31.7 Å². The molecular formula is C20H25N3O3S. The summed E-state index contributed by atoms with van der Waals surface area (Å²) in [6.07, 6.45) is 4.09. The largest absolute Gasteiger partial charge is 0.342 e. The van der Waals surface area contributed by atoms with Crippen LogP contribution >= 0.6 is 0 Å². The lowest BCUT2D eigenvalue weighted by molar-refractivity contribution is -0.135. The Balaban J connectivity index is 1.43. The van der Waals surface area contributed by atoms with Gasteiger partial charge in [0.25, 0.3) is 0 Å². The van der Waals surface area contributed by atoms with Crippen molar-refractivity contribution in [2.75, 3.05) is 24.6 Å². The summed E-state index contributed by atoms with van der Waals surface area (Å²) >= 11 is 0. The van der Waals surface area contributed by atoms with Crippen LogP contribution in [-0.2, 0) is 14.6 Å². The van der Waals surface area contributed by atoms with E-state index in [2.05, 4.69) is 41.4 Å². The number of aryl methyl sites for hydroxylation is 1. The third-order valence-electron chi connectivity index (χ3n) is 5.79. The van der Waals surface area contributed by atoms with Gasteiger partial charge < -0.3 is 4.90 Å². The van der Waals surface area contributed by atoms with Crippen LogP contribution in [0.4, 0.5) is 0 Å². The van der Waals surface area contributed by atoms with Crippen molar-refractivity contribution >= 4 is 15.7 Å². The van der Waals surface area contributed by atoms with Gasteiger partial charge in [-0.25, -0.2) is 8.42 Å². The minimum atomic E-state index is -3.03. The maximum Gasteiger partial charge on any atom is 0.226 e. The molecule has 6 nitrogen and oxygen atoms in total. The van der Waals surface area contributed by atoms with E-state index in [1.54, 1.807) is 0 Å². The molecular weight excluding hydrogens is 362 g/mol. The summed E-state index contributed by atoms with van der Waals surface area (Å²) in [5.41, 5.74) is 4.64.